The van der Waals surface area contributed by atoms with E-state index in [9.17, 15) is 0 Å². The summed E-state index contributed by atoms with van der Waals surface area (Å²) in [5.74, 6) is 0.522. The molecule has 0 aliphatic rings. The zero-order valence-corrected chi connectivity index (χ0v) is 9.75. The van der Waals surface area contributed by atoms with Crippen LogP contribution in [0.3, 0.4) is 0 Å². The summed E-state index contributed by atoms with van der Waals surface area (Å²) in [6.07, 6.45) is 1.31. The van der Waals surface area contributed by atoms with Crippen LogP contribution in [0.2, 0.25) is 5.02 Å². The molecule has 1 aromatic heterocycles. The second-order valence-electron chi connectivity index (χ2n) is 2.70. The molecular formula is C11H13ClN2O. The van der Waals surface area contributed by atoms with Gasteiger partial charge in [0.25, 0.3) is 0 Å². The Hall–Kier alpha value is -1.35. The molecule has 2 rings (SSSR count). The maximum atomic E-state index is 5.81. The Labute approximate surface area is 94.1 Å². The van der Waals surface area contributed by atoms with E-state index in [0.29, 0.717) is 10.9 Å². The van der Waals surface area contributed by atoms with Gasteiger partial charge in [-0.1, -0.05) is 25.4 Å². The number of benzene rings is 1. The predicted octanol–water partition coefficient (Wildman–Crippen LogP) is 3.72. The molecule has 0 unspecified atom stereocenters. The molecule has 0 saturated heterocycles. The first-order valence-corrected chi connectivity index (χ1v) is 5.18. The van der Waals surface area contributed by atoms with Crippen molar-refractivity contribution in [2.45, 2.75) is 20.8 Å². The van der Waals surface area contributed by atoms with Crippen molar-refractivity contribution in [3.63, 3.8) is 0 Å². The van der Waals surface area contributed by atoms with Gasteiger partial charge in [-0.25, -0.2) is 0 Å². The first-order chi connectivity index (χ1) is 7.27. The largest absolute Gasteiger partial charge is 0.423 e. The SMILES string of the molecule is CC.Cc1cc(Cl)ccc1-c1nnco1. The van der Waals surface area contributed by atoms with Crippen LogP contribution >= 0.6 is 11.6 Å². The highest BCUT2D eigenvalue weighted by Gasteiger charge is 2.06. The molecule has 0 aliphatic heterocycles. The monoisotopic (exact) mass is 224 g/mol. The van der Waals surface area contributed by atoms with Crippen molar-refractivity contribution >= 4 is 11.6 Å². The third-order valence-corrected chi connectivity index (χ3v) is 2.01. The van der Waals surface area contributed by atoms with E-state index >= 15 is 0 Å². The van der Waals surface area contributed by atoms with Gasteiger partial charge < -0.3 is 4.42 Å². The average Bonchev–Trinajstić information content (AvgIpc) is 2.74. The van der Waals surface area contributed by atoms with Crippen LogP contribution in [0.1, 0.15) is 19.4 Å². The second kappa shape index (κ2) is 5.51. The topological polar surface area (TPSA) is 38.9 Å². The zero-order valence-electron chi connectivity index (χ0n) is 8.99. The normalized spacial score (nSPS) is 9.33. The minimum atomic E-state index is 0.522. The maximum Gasteiger partial charge on any atom is 0.247 e. The van der Waals surface area contributed by atoms with E-state index in [0.717, 1.165) is 11.1 Å². The molecule has 0 saturated carbocycles. The van der Waals surface area contributed by atoms with E-state index in [1.807, 2.05) is 32.9 Å². The highest BCUT2D eigenvalue weighted by Crippen LogP contribution is 2.23. The van der Waals surface area contributed by atoms with Crippen molar-refractivity contribution in [2.24, 2.45) is 0 Å². The smallest absolute Gasteiger partial charge is 0.247 e. The summed E-state index contributed by atoms with van der Waals surface area (Å²) >= 11 is 5.81. The van der Waals surface area contributed by atoms with Crippen molar-refractivity contribution in [1.29, 1.82) is 0 Å². The third kappa shape index (κ3) is 2.80. The Morgan fingerprint density at radius 3 is 2.53 bits per heavy atom. The number of nitrogens with zero attached hydrogens (tertiary/aromatic N) is 2. The molecule has 0 N–H and O–H groups in total. The van der Waals surface area contributed by atoms with E-state index in [1.54, 1.807) is 6.07 Å². The Kier molecular flexibility index (Phi) is 4.31. The standard InChI is InChI=1S/C9H7ClN2O.C2H6/c1-6-4-7(10)2-3-8(6)9-12-11-5-13-9;1-2/h2-5H,1H3;1-2H3. The maximum absolute atomic E-state index is 5.81. The van der Waals surface area contributed by atoms with Crippen molar-refractivity contribution in [1.82, 2.24) is 10.2 Å². The van der Waals surface area contributed by atoms with Crippen molar-refractivity contribution in [2.75, 3.05) is 0 Å². The molecule has 4 heteroatoms. The lowest BCUT2D eigenvalue weighted by Crippen LogP contribution is -1.83. The van der Waals surface area contributed by atoms with Crippen LogP contribution in [0.15, 0.2) is 29.0 Å². The average molecular weight is 225 g/mol. The fourth-order valence-electron chi connectivity index (χ4n) is 1.16. The molecule has 0 amide bonds. The number of halogens is 1. The third-order valence-electron chi connectivity index (χ3n) is 1.78. The number of aryl methyl sites for hydroxylation is 1. The molecule has 0 fully saturated rings. The zero-order chi connectivity index (χ0) is 11.3. The van der Waals surface area contributed by atoms with Gasteiger partial charge >= 0.3 is 0 Å². The van der Waals surface area contributed by atoms with Crippen LogP contribution in [0, 0.1) is 6.92 Å². The van der Waals surface area contributed by atoms with Gasteiger partial charge in [0.2, 0.25) is 12.3 Å². The van der Waals surface area contributed by atoms with Gasteiger partial charge in [-0.2, -0.15) is 0 Å². The number of hydrogen-bond acceptors (Lipinski definition) is 3. The number of rotatable bonds is 1. The highest BCUT2D eigenvalue weighted by molar-refractivity contribution is 6.30. The van der Waals surface area contributed by atoms with E-state index in [2.05, 4.69) is 10.2 Å². The van der Waals surface area contributed by atoms with E-state index in [1.165, 1.54) is 6.39 Å². The Morgan fingerprint density at radius 1 is 1.27 bits per heavy atom. The van der Waals surface area contributed by atoms with E-state index < -0.39 is 0 Å². The molecule has 1 aromatic carbocycles. The summed E-state index contributed by atoms with van der Waals surface area (Å²) in [6, 6.07) is 5.53. The number of hydrogen-bond donors (Lipinski definition) is 0. The molecule has 2 aromatic rings. The molecule has 80 valence electrons. The van der Waals surface area contributed by atoms with Gasteiger partial charge in [0.05, 0.1) is 0 Å². The van der Waals surface area contributed by atoms with Gasteiger partial charge in [-0.05, 0) is 30.7 Å². The summed E-state index contributed by atoms with van der Waals surface area (Å²) in [5.41, 5.74) is 1.94. The van der Waals surface area contributed by atoms with Crippen LogP contribution in [0.25, 0.3) is 11.5 Å². The molecule has 3 nitrogen and oxygen atoms in total. The first-order valence-electron chi connectivity index (χ1n) is 4.80. The number of aromatic nitrogens is 2. The molecule has 0 aliphatic carbocycles. The van der Waals surface area contributed by atoms with E-state index in [-0.39, 0.29) is 0 Å². The molecule has 15 heavy (non-hydrogen) atoms. The van der Waals surface area contributed by atoms with Gasteiger partial charge in [0, 0.05) is 10.6 Å². The second-order valence-corrected chi connectivity index (χ2v) is 3.14. The molecular weight excluding hydrogens is 212 g/mol. The molecule has 1 heterocycles. The summed E-state index contributed by atoms with van der Waals surface area (Å²) < 4.78 is 5.07. The minimum Gasteiger partial charge on any atom is -0.423 e. The first kappa shape index (κ1) is 11.7. The Bertz CT molecular complexity index is 413. The molecule has 0 spiro atoms. The van der Waals surface area contributed by atoms with Crippen molar-refractivity contribution < 1.29 is 4.42 Å². The van der Waals surface area contributed by atoms with Crippen LogP contribution in [0.5, 0.6) is 0 Å². The lowest BCUT2D eigenvalue weighted by atomic mass is 10.1. The van der Waals surface area contributed by atoms with Gasteiger partial charge in [0.1, 0.15) is 0 Å². The van der Waals surface area contributed by atoms with Crippen LogP contribution in [-0.4, -0.2) is 10.2 Å². The minimum absolute atomic E-state index is 0.522. The predicted molar refractivity (Wildman–Crippen MR) is 60.8 cm³/mol. The van der Waals surface area contributed by atoms with E-state index in [4.69, 9.17) is 16.0 Å². The van der Waals surface area contributed by atoms with Gasteiger partial charge in [-0.15, -0.1) is 10.2 Å². The highest BCUT2D eigenvalue weighted by atomic mass is 35.5. The quantitative estimate of drug-likeness (QED) is 0.741. The lowest BCUT2D eigenvalue weighted by Gasteiger charge is -1.99. The summed E-state index contributed by atoms with van der Waals surface area (Å²) in [7, 11) is 0. The summed E-state index contributed by atoms with van der Waals surface area (Å²) in [4.78, 5) is 0. The lowest BCUT2D eigenvalue weighted by molar-refractivity contribution is 0.568. The van der Waals surface area contributed by atoms with Crippen LogP contribution in [0.4, 0.5) is 0 Å². The van der Waals surface area contributed by atoms with Gasteiger partial charge in [0.15, 0.2) is 0 Å². The fraction of sp³-hybridized carbons (Fsp3) is 0.273. The van der Waals surface area contributed by atoms with Gasteiger partial charge in [-0.3, -0.25) is 0 Å². The Morgan fingerprint density at radius 2 is 2.00 bits per heavy atom. The molecule has 0 radical (unpaired) electrons. The molecule has 0 atom stereocenters. The summed E-state index contributed by atoms with van der Waals surface area (Å²) in [6.45, 7) is 5.95. The fourth-order valence-corrected chi connectivity index (χ4v) is 1.38. The van der Waals surface area contributed by atoms with Crippen LogP contribution < -0.4 is 0 Å². The van der Waals surface area contributed by atoms with Crippen molar-refractivity contribution in [3.8, 4) is 11.5 Å². The van der Waals surface area contributed by atoms with Crippen molar-refractivity contribution in [3.05, 3.63) is 35.2 Å². The Balaban J connectivity index is 0.000000531. The summed E-state index contributed by atoms with van der Waals surface area (Å²) in [5, 5.41) is 8.14. The van der Waals surface area contributed by atoms with Crippen LogP contribution in [-0.2, 0) is 0 Å². The molecule has 0 bridgehead atoms.